The van der Waals surface area contributed by atoms with E-state index < -0.39 is 17.6 Å². The predicted molar refractivity (Wildman–Crippen MR) is 109 cm³/mol. The summed E-state index contributed by atoms with van der Waals surface area (Å²) in [5.41, 5.74) is 0.148. The van der Waals surface area contributed by atoms with Crippen LogP contribution in [-0.4, -0.2) is 44.2 Å². The zero-order valence-corrected chi connectivity index (χ0v) is 17.4. The molecule has 0 fully saturated rings. The van der Waals surface area contributed by atoms with Crippen molar-refractivity contribution in [3.63, 3.8) is 0 Å². The van der Waals surface area contributed by atoms with Gasteiger partial charge in [-0.3, -0.25) is 4.79 Å². The molecule has 0 radical (unpaired) electrons. The van der Waals surface area contributed by atoms with Crippen LogP contribution in [0.15, 0.2) is 42.5 Å². The number of rotatable bonds is 10. The minimum Gasteiger partial charge on any atom is -0.493 e. The van der Waals surface area contributed by atoms with Crippen molar-refractivity contribution in [2.75, 3.05) is 33.4 Å². The Kier molecular flexibility index (Phi) is 8.53. The van der Waals surface area contributed by atoms with Gasteiger partial charge < -0.3 is 19.7 Å². The van der Waals surface area contributed by atoms with Gasteiger partial charge in [0.25, 0.3) is 5.91 Å². The van der Waals surface area contributed by atoms with Gasteiger partial charge in [-0.15, -0.1) is 0 Å². The smallest absolute Gasteiger partial charge is 0.416 e. The quantitative estimate of drug-likeness (QED) is 0.616. The Morgan fingerprint density at radius 1 is 1.03 bits per heavy atom. The number of benzene rings is 2. The Morgan fingerprint density at radius 3 is 2.27 bits per heavy atom. The maximum Gasteiger partial charge on any atom is 0.416 e. The van der Waals surface area contributed by atoms with E-state index in [1.807, 2.05) is 6.07 Å². The van der Waals surface area contributed by atoms with Gasteiger partial charge >= 0.3 is 6.18 Å². The number of alkyl halides is 3. The summed E-state index contributed by atoms with van der Waals surface area (Å²) in [5, 5.41) is 2.69. The van der Waals surface area contributed by atoms with Crippen molar-refractivity contribution in [3.05, 3.63) is 59.2 Å². The number of amides is 1. The van der Waals surface area contributed by atoms with Crippen LogP contribution in [0.5, 0.6) is 11.5 Å². The van der Waals surface area contributed by atoms with Crippen LogP contribution in [0.3, 0.4) is 0 Å². The third kappa shape index (κ3) is 6.66. The molecule has 5 nitrogen and oxygen atoms in total. The molecule has 0 unspecified atom stereocenters. The molecule has 0 aliphatic carbocycles. The van der Waals surface area contributed by atoms with Crippen molar-refractivity contribution < 1.29 is 27.4 Å². The second kappa shape index (κ2) is 10.9. The summed E-state index contributed by atoms with van der Waals surface area (Å²) >= 11 is 0. The van der Waals surface area contributed by atoms with Crippen LogP contribution in [0.25, 0.3) is 0 Å². The number of nitrogens with one attached hydrogen (secondary N) is 1. The SMILES string of the molecule is CCN(CC)CCOc1ccc(CNC(=O)c2ccc(C(F)(F)F)cc2)cc1OC. The number of likely N-dealkylation sites (N-methyl/N-ethyl adjacent to an activating group) is 1. The molecule has 0 atom stereocenters. The standard InChI is InChI=1S/C22H27F3N2O3/c1-4-27(5-2)12-13-30-19-11-6-16(14-20(19)29-3)15-26-21(28)17-7-9-18(10-8-17)22(23,24)25/h6-11,14H,4-5,12-13,15H2,1-3H3,(H,26,28). The molecule has 0 spiro atoms. The van der Waals surface area contributed by atoms with Gasteiger partial charge in [-0.1, -0.05) is 19.9 Å². The fourth-order valence-electron chi connectivity index (χ4n) is 2.86. The topological polar surface area (TPSA) is 50.8 Å². The fourth-order valence-corrected chi connectivity index (χ4v) is 2.86. The van der Waals surface area contributed by atoms with E-state index >= 15 is 0 Å². The average molecular weight is 424 g/mol. The van der Waals surface area contributed by atoms with E-state index in [-0.39, 0.29) is 12.1 Å². The van der Waals surface area contributed by atoms with E-state index in [1.54, 1.807) is 12.1 Å². The minimum atomic E-state index is -4.43. The van der Waals surface area contributed by atoms with Crippen molar-refractivity contribution in [1.82, 2.24) is 10.2 Å². The molecule has 1 N–H and O–H groups in total. The van der Waals surface area contributed by atoms with Gasteiger partial charge in [-0.2, -0.15) is 13.2 Å². The maximum absolute atomic E-state index is 12.6. The minimum absolute atomic E-state index is 0.159. The van der Waals surface area contributed by atoms with Gasteiger partial charge in [-0.05, 0) is 55.1 Å². The first kappa shape index (κ1) is 23.5. The van der Waals surface area contributed by atoms with E-state index in [0.717, 1.165) is 49.5 Å². The van der Waals surface area contributed by atoms with Crippen LogP contribution in [0.4, 0.5) is 13.2 Å². The average Bonchev–Trinajstić information content (AvgIpc) is 2.75. The first-order chi connectivity index (χ1) is 14.3. The molecule has 164 valence electrons. The summed E-state index contributed by atoms with van der Waals surface area (Å²) in [5.74, 6) is 0.709. The lowest BCUT2D eigenvalue weighted by atomic mass is 10.1. The largest absolute Gasteiger partial charge is 0.493 e. The van der Waals surface area contributed by atoms with E-state index in [1.165, 1.54) is 7.11 Å². The van der Waals surface area contributed by atoms with E-state index in [0.29, 0.717) is 18.1 Å². The third-order valence-electron chi connectivity index (χ3n) is 4.72. The molecule has 2 rings (SSSR count). The molecule has 0 bridgehead atoms. The second-order valence-corrected chi connectivity index (χ2v) is 6.62. The molecule has 2 aromatic rings. The summed E-state index contributed by atoms with van der Waals surface area (Å²) < 4.78 is 49.0. The number of halogens is 3. The number of hydrogen-bond acceptors (Lipinski definition) is 4. The predicted octanol–water partition coefficient (Wildman–Crippen LogP) is 4.36. The maximum atomic E-state index is 12.6. The third-order valence-corrected chi connectivity index (χ3v) is 4.72. The zero-order valence-electron chi connectivity index (χ0n) is 17.4. The summed E-state index contributed by atoms with van der Waals surface area (Å²) in [6.45, 7) is 7.64. The molecule has 0 saturated carbocycles. The lowest BCUT2D eigenvalue weighted by Gasteiger charge is -2.19. The molecular formula is C22H27F3N2O3. The van der Waals surface area contributed by atoms with Gasteiger partial charge in [0.05, 0.1) is 12.7 Å². The van der Waals surface area contributed by atoms with Crippen LogP contribution in [0.2, 0.25) is 0 Å². The highest BCUT2D eigenvalue weighted by Crippen LogP contribution is 2.29. The molecule has 1 amide bonds. The Morgan fingerprint density at radius 2 is 1.70 bits per heavy atom. The number of ether oxygens (including phenoxy) is 2. The van der Waals surface area contributed by atoms with Crippen molar-refractivity contribution in [3.8, 4) is 11.5 Å². The Balaban J connectivity index is 1.94. The normalized spacial score (nSPS) is 11.4. The summed E-state index contributed by atoms with van der Waals surface area (Å²) in [6, 6.07) is 9.45. The highest BCUT2D eigenvalue weighted by molar-refractivity contribution is 5.94. The van der Waals surface area contributed by atoms with Gasteiger partial charge in [0.2, 0.25) is 0 Å². The fraction of sp³-hybridized carbons (Fsp3) is 0.409. The van der Waals surface area contributed by atoms with Crippen LogP contribution < -0.4 is 14.8 Å². The molecule has 0 aromatic heterocycles. The highest BCUT2D eigenvalue weighted by atomic mass is 19.4. The summed E-state index contributed by atoms with van der Waals surface area (Å²) in [4.78, 5) is 14.5. The van der Waals surface area contributed by atoms with Crippen LogP contribution in [0, 0.1) is 0 Å². The van der Waals surface area contributed by atoms with Gasteiger partial charge in [0, 0.05) is 18.7 Å². The molecular weight excluding hydrogens is 397 g/mol. The lowest BCUT2D eigenvalue weighted by molar-refractivity contribution is -0.137. The number of nitrogens with zero attached hydrogens (tertiary/aromatic N) is 1. The number of hydrogen-bond donors (Lipinski definition) is 1. The van der Waals surface area contributed by atoms with Crippen molar-refractivity contribution >= 4 is 5.91 Å². The van der Waals surface area contributed by atoms with Crippen LogP contribution in [-0.2, 0) is 12.7 Å². The lowest BCUT2D eigenvalue weighted by Crippen LogP contribution is -2.28. The molecule has 30 heavy (non-hydrogen) atoms. The van der Waals surface area contributed by atoms with Gasteiger partial charge in [0.1, 0.15) is 6.61 Å². The van der Waals surface area contributed by atoms with Crippen molar-refractivity contribution in [1.29, 1.82) is 0 Å². The number of carbonyl (C=O) groups excluding carboxylic acids is 1. The molecule has 0 aliphatic heterocycles. The van der Waals surface area contributed by atoms with Crippen molar-refractivity contribution in [2.45, 2.75) is 26.6 Å². The Hall–Kier alpha value is -2.74. The van der Waals surface area contributed by atoms with Crippen LogP contribution >= 0.6 is 0 Å². The first-order valence-corrected chi connectivity index (χ1v) is 9.76. The molecule has 8 heteroatoms. The molecule has 2 aromatic carbocycles. The Bertz CT molecular complexity index is 819. The number of methoxy groups -OCH3 is 1. The monoisotopic (exact) mass is 424 g/mol. The van der Waals surface area contributed by atoms with Gasteiger partial charge in [0.15, 0.2) is 11.5 Å². The second-order valence-electron chi connectivity index (χ2n) is 6.62. The van der Waals surface area contributed by atoms with Crippen molar-refractivity contribution in [2.24, 2.45) is 0 Å². The van der Waals surface area contributed by atoms with E-state index in [4.69, 9.17) is 9.47 Å². The zero-order chi connectivity index (χ0) is 22.1. The summed E-state index contributed by atoms with van der Waals surface area (Å²) in [6.07, 6.45) is -4.43. The summed E-state index contributed by atoms with van der Waals surface area (Å²) in [7, 11) is 1.54. The van der Waals surface area contributed by atoms with E-state index in [2.05, 4.69) is 24.1 Å². The first-order valence-electron chi connectivity index (χ1n) is 9.76. The highest BCUT2D eigenvalue weighted by Gasteiger charge is 2.30. The van der Waals surface area contributed by atoms with E-state index in [9.17, 15) is 18.0 Å². The molecule has 0 aliphatic rings. The molecule has 0 saturated heterocycles. The van der Waals surface area contributed by atoms with Crippen LogP contribution in [0.1, 0.15) is 35.3 Å². The number of carbonyl (C=O) groups is 1. The van der Waals surface area contributed by atoms with Gasteiger partial charge in [-0.25, -0.2) is 0 Å². The Labute approximate surface area is 174 Å². The molecule has 0 heterocycles.